The molecular weight excluding hydrogens is 316 g/mol. The quantitative estimate of drug-likeness (QED) is 0.435. The Kier molecular flexibility index (Phi) is 7.03. The van der Waals surface area contributed by atoms with Crippen LogP contribution in [0.4, 0.5) is 0 Å². The maximum absolute atomic E-state index is 5.20. The van der Waals surface area contributed by atoms with Crippen molar-refractivity contribution in [2.24, 2.45) is 4.99 Å². The molecule has 2 rings (SSSR count). The molecule has 0 aliphatic heterocycles. The van der Waals surface area contributed by atoms with E-state index in [0.29, 0.717) is 0 Å². The molecule has 138 valence electrons. The molecule has 0 bridgehead atoms. The lowest BCUT2D eigenvalue weighted by atomic mass is 10.1. The number of aryl methyl sites for hydroxylation is 5. The molecule has 7 nitrogen and oxygen atoms in total. The van der Waals surface area contributed by atoms with Gasteiger partial charge in [0.2, 0.25) is 0 Å². The van der Waals surface area contributed by atoms with E-state index in [0.717, 1.165) is 62.1 Å². The van der Waals surface area contributed by atoms with Gasteiger partial charge in [0.25, 0.3) is 0 Å². The minimum Gasteiger partial charge on any atom is -0.361 e. The van der Waals surface area contributed by atoms with Crippen molar-refractivity contribution >= 4 is 5.96 Å². The van der Waals surface area contributed by atoms with E-state index in [1.807, 2.05) is 25.5 Å². The van der Waals surface area contributed by atoms with Crippen LogP contribution in [-0.4, -0.2) is 40.5 Å². The van der Waals surface area contributed by atoms with E-state index >= 15 is 0 Å². The van der Waals surface area contributed by atoms with Gasteiger partial charge in [0.15, 0.2) is 5.96 Å². The summed E-state index contributed by atoms with van der Waals surface area (Å²) in [7, 11) is 0. The van der Waals surface area contributed by atoms with E-state index in [-0.39, 0.29) is 0 Å². The number of rotatable bonds is 8. The van der Waals surface area contributed by atoms with Gasteiger partial charge in [0, 0.05) is 37.4 Å². The second-order valence-electron chi connectivity index (χ2n) is 6.24. The Morgan fingerprint density at radius 2 is 2.04 bits per heavy atom. The zero-order valence-electron chi connectivity index (χ0n) is 16.0. The van der Waals surface area contributed by atoms with E-state index in [2.05, 4.69) is 45.8 Å². The van der Waals surface area contributed by atoms with E-state index in [9.17, 15) is 0 Å². The zero-order valence-corrected chi connectivity index (χ0v) is 16.0. The molecule has 0 amide bonds. The summed E-state index contributed by atoms with van der Waals surface area (Å²) in [4.78, 5) is 4.64. The van der Waals surface area contributed by atoms with Crippen molar-refractivity contribution in [2.75, 3.05) is 19.6 Å². The summed E-state index contributed by atoms with van der Waals surface area (Å²) in [6, 6.07) is 2.10. The van der Waals surface area contributed by atoms with Crippen LogP contribution in [0.2, 0.25) is 0 Å². The van der Waals surface area contributed by atoms with Crippen LogP contribution in [0.3, 0.4) is 0 Å². The third-order valence-corrected chi connectivity index (χ3v) is 4.09. The molecule has 0 atom stereocenters. The van der Waals surface area contributed by atoms with Crippen LogP contribution in [0.5, 0.6) is 0 Å². The molecule has 0 saturated heterocycles. The summed E-state index contributed by atoms with van der Waals surface area (Å²) in [6.45, 7) is 13.4. The van der Waals surface area contributed by atoms with Crippen LogP contribution in [0.15, 0.2) is 15.6 Å². The number of hydrogen-bond acceptors (Lipinski definition) is 4. The molecule has 0 radical (unpaired) electrons. The topological polar surface area (TPSA) is 80.3 Å². The summed E-state index contributed by atoms with van der Waals surface area (Å²) in [5.41, 5.74) is 4.40. The van der Waals surface area contributed by atoms with Gasteiger partial charge in [-0.15, -0.1) is 0 Å². The maximum atomic E-state index is 5.20. The van der Waals surface area contributed by atoms with E-state index in [4.69, 9.17) is 4.52 Å². The Hall–Kier alpha value is -2.31. The molecule has 7 heteroatoms. The van der Waals surface area contributed by atoms with Crippen molar-refractivity contribution < 1.29 is 4.52 Å². The van der Waals surface area contributed by atoms with Crippen molar-refractivity contribution in [1.82, 2.24) is 25.6 Å². The molecule has 0 saturated carbocycles. The number of nitrogens with zero attached hydrogens (tertiary/aromatic N) is 4. The fraction of sp³-hybridized carbons (Fsp3) is 0.611. The monoisotopic (exact) mass is 346 g/mol. The SMILES string of the molecule is CCNC(=NCCCn1nc(C)cc1C)NCCc1c(C)noc1C. The number of guanidine groups is 1. The van der Waals surface area contributed by atoms with Gasteiger partial charge in [0.05, 0.1) is 11.4 Å². The van der Waals surface area contributed by atoms with Gasteiger partial charge in [-0.2, -0.15) is 5.10 Å². The molecular formula is C18H30N6O. The molecule has 0 spiro atoms. The second kappa shape index (κ2) is 9.25. The highest BCUT2D eigenvalue weighted by atomic mass is 16.5. The summed E-state index contributed by atoms with van der Waals surface area (Å²) in [5.74, 6) is 1.74. The Morgan fingerprint density at radius 1 is 1.24 bits per heavy atom. The average Bonchev–Trinajstić information content (AvgIpc) is 3.06. The second-order valence-corrected chi connectivity index (χ2v) is 6.24. The molecule has 0 fully saturated rings. The van der Waals surface area contributed by atoms with Gasteiger partial charge in [-0.05, 0) is 53.5 Å². The first kappa shape index (κ1) is 19.0. The van der Waals surface area contributed by atoms with Crippen LogP contribution < -0.4 is 10.6 Å². The highest BCUT2D eigenvalue weighted by Gasteiger charge is 2.08. The van der Waals surface area contributed by atoms with Crippen molar-refractivity contribution in [3.05, 3.63) is 34.5 Å². The lowest BCUT2D eigenvalue weighted by Gasteiger charge is -2.11. The molecule has 0 aliphatic carbocycles. The summed E-state index contributed by atoms with van der Waals surface area (Å²) in [6.07, 6.45) is 1.83. The first-order valence-electron chi connectivity index (χ1n) is 8.96. The standard InChI is InChI=1S/C18H30N6O/c1-6-19-18(21-10-8-17-15(4)23-25-16(17)5)20-9-7-11-24-14(3)12-13(2)22-24/h12H,6-11H2,1-5H3,(H2,19,20,21). The van der Waals surface area contributed by atoms with Crippen LogP contribution in [0.25, 0.3) is 0 Å². The van der Waals surface area contributed by atoms with Gasteiger partial charge < -0.3 is 15.2 Å². The molecule has 0 aromatic carbocycles. The molecule has 2 N–H and O–H groups in total. The summed E-state index contributed by atoms with van der Waals surface area (Å²) >= 11 is 0. The summed E-state index contributed by atoms with van der Waals surface area (Å²) < 4.78 is 7.25. The third-order valence-electron chi connectivity index (χ3n) is 4.09. The fourth-order valence-corrected chi connectivity index (χ4v) is 2.82. The van der Waals surface area contributed by atoms with Crippen LogP contribution in [0, 0.1) is 27.7 Å². The molecule has 0 unspecified atom stereocenters. The molecule has 25 heavy (non-hydrogen) atoms. The van der Waals surface area contributed by atoms with Gasteiger partial charge in [-0.25, -0.2) is 0 Å². The third kappa shape index (κ3) is 5.62. The minimum absolute atomic E-state index is 0.763. The zero-order chi connectivity index (χ0) is 18.2. The van der Waals surface area contributed by atoms with Crippen molar-refractivity contribution in [2.45, 2.75) is 54.0 Å². The first-order chi connectivity index (χ1) is 12.0. The van der Waals surface area contributed by atoms with Crippen LogP contribution >= 0.6 is 0 Å². The average molecular weight is 346 g/mol. The predicted octanol–water partition coefficient (Wildman–Crippen LogP) is 2.29. The fourth-order valence-electron chi connectivity index (χ4n) is 2.82. The number of aromatic nitrogens is 3. The Balaban J connectivity index is 1.78. The Labute approximate surface area is 149 Å². The smallest absolute Gasteiger partial charge is 0.191 e. The molecule has 2 aromatic heterocycles. The maximum Gasteiger partial charge on any atom is 0.191 e. The van der Waals surface area contributed by atoms with E-state index in [1.54, 1.807) is 0 Å². The highest BCUT2D eigenvalue weighted by Crippen LogP contribution is 2.12. The van der Waals surface area contributed by atoms with Crippen molar-refractivity contribution in [1.29, 1.82) is 0 Å². The largest absolute Gasteiger partial charge is 0.361 e. The minimum atomic E-state index is 0.763. The number of hydrogen-bond donors (Lipinski definition) is 2. The molecule has 2 heterocycles. The predicted molar refractivity (Wildman–Crippen MR) is 100.0 cm³/mol. The lowest BCUT2D eigenvalue weighted by molar-refractivity contribution is 0.392. The van der Waals surface area contributed by atoms with Crippen LogP contribution in [0.1, 0.15) is 41.8 Å². The van der Waals surface area contributed by atoms with E-state index < -0.39 is 0 Å². The first-order valence-corrected chi connectivity index (χ1v) is 8.96. The van der Waals surface area contributed by atoms with E-state index in [1.165, 1.54) is 11.3 Å². The van der Waals surface area contributed by atoms with Gasteiger partial charge >= 0.3 is 0 Å². The van der Waals surface area contributed by atoms with Gasteiger partial charge in [-0.1, -0.05) is 5.16 Å². The Bertz CT molecular complexity index is 681. The van der Waals surface area contributed by atoms with Crippen LogP contribution in [-0.2, 0) is 13.0 Å². The highest BCUT2D eigenvalue weighted by molar-refractivity contribution is 5.79. The number of aliphatic imine (C=N–C) groups is 1. The Morgan fingerprint density at radius 3 is 2.64 bits per heavy atom. The normalized spacial score (nSPS) is 11.8. The number of nitrogens with one attached hydrogen (secondary N) is 2. The molecule has 0 aliphatic rings. The van der Waals surface area contributed by atoms with Gasteiger partial charge in [0.1, 0.15) is 5.76 Å². The van der Waals surface area contributed by atoms with Crippen molar-refractivity contribution in [3.63, 3.8) is 0 Å². The van der Waals surface area contributed by atoms with Gasteiger partial charge in [-0.3, -0.25) is 9.67 Å². The van der Waals surface area contributed by atoms with Crippen molar-refractivity contribution in [3.8, 4) is 0 Å². The summed E-state index contributed by atoms with van der Waals surface area (Å²) in [5, 5.41) is 15.1. The lowest BCUT2D eigenvalue weighted by Crippen LogP contribution is -2.38. The molecule has 2 aromatic rings.